The lowest BCUT2D eigenvalue weighted by atomic mass is 10.3. The van der Waals surface area contributed by atoms with Crippen LogP contribution in [0, 0.1) is 11.5 Å². The van der Waals surface area contributed by atoms with E-state index < -0.39 is 0 Å². The van der Waals surface area contributed by atoms with Crippen LogP contribution >= 0.6 is 0 Å². The maximum absolute atomic E-state index is 11.1. The Hall–Kier alpha value is -3.01. The number of ether oxygens (including phenoxy) is 1. The number of rotatable bonds is 3. The minimum Gasteiger partial charge on any atom is -0.382 e. The third-order valence-corrected chi connectivity index (χ3v) is 2.10. The molecule has 2 heterocycles. The lowest BCUT2D eigenvalue weighted by Gasteiger charge is -2.07. The summed E-state index contributed by atoms with van der Waals surface area (Å²) >= 11 is 0. The summed E-state index contributed by atoms with van der Waals surface area (Å²) in [5.74, 6) is 0.213. The molecule has 0 atom stereocenters. The van der Waals surface area contributed by atoms with Crippen molar-refractivity contribution in [1.29, 1.82) is 5.26 Å². The molecule has 7 heteroatoms. The van der Waals surface area contributed by atoms with Crippen LogP contribution in [0.3, 0.4) is 0 Å². The fourth-order valence-corrected chi connectivity index (χ4v) is 1.37. The smallest absolute Gasteiger partial charge is 0.292 e. The Bertz CT molecular complexity index is 636. The standard InChI is InChI=1S/C12H9N5O2/c1-8(18)16-12-10(19-7-13)6-15-11(17-12)9-4-2-3-5-14-9/h2-6H,1H3,(H,15,16,17,18). The largest absolute Gasteiger partial charge is 0.382 e. The van der Waals surface area contributed by atoms with Crippen LogP contribution in [-0.4, -0.2) is 20.9 Å². The average molecular weight is 255 g/mol. The van der Waals surface area contributed by atoms with Crippen LogP contribution < -0.4 is 10.1 Å². The Morgan fingerprint density at radius 2 is 2.26 bits per heavy atom. The molecule has 2 aromatic heterocycles. The van der Waals surface area contributed by atoms with Crippen LogP contribution in [0.4, 0.5) is 5.82 Å². The molecule has 0 spiro atoms. The molecule has 2 rings (SSSR count). The highest BCUT2D eigenvalue weighted by Gasteiger charge is 2.12. The van der Waals surface area contributed by atoms with Crippen molar-refractivity contribution in [2.45, 2.75) is 6.92 Å². The first kappa shape index (κ1) is 12.4. The first-order valence-corrected chi connectivity index (χ1v) is 5.32. The average Bonchev–Trinajstić information content (AvgIpc) is 2.41. The Morgan fingerprint density at radius 3 is 2.89 bits per heavy atom. The van der Waals surface area contributed by atoms with Gasteiger partial charge in [0.25, 0.3) is 6.26 Å². The lowest BCUT2D eigenvalue weighted by molar-refractivity contribution is -0.114. The highest BCUT2D eigenvalue weighted by atomic mass is 16.5. The number of hydrogen-bond donors (Lipinski definition) is 1. The number of carbonyl (C=O) groups excluding carboxylic acids is 1. The summed E-state index contributed by atoms with van der Waals surface area (Å²) in [5, 5.41) is 11.0. The van der Waals surface area contributed by atoms with Gasteiger partial charge >= 0.3 is 0 Å². The fraction of sp³-hybridized carbons (Fsp3) is 0.0833. The maximum atomic E-state index is 11.1. The van der Waals surface area contributed by atoms with E-state index in [0.29, 0.717) is 11.5 Å². The molecule has 0 saturated carbocycles. The zero-order valence-electron chi connectivity index (χ0n) is 9.99. The highest BCUT2D eigenvalue weighted by Crippen LogP contribution is 2.23. The first-order valence-electron chi connectivity index (χ1n) is 5.32. The van der Waals surface area contributed by atoms with Crippen molar-refractivity contribution in [3.63, 3.8) is 0 Å². The molecule has 0 bridgehead atoms. The van der Waals surface area contributed by atoms with E-state index in [2.05, 4.69) is 25.0 Å². The predicted molar refractivity (Wildman–Crippen MR) is 65.8 cm³/mol. The van der Waals surface area contributed by atoms with Gasteiger partial charge in [-0.15, -0.1) is 5.26 Å². The first-order chi connectivity index (χ1) is 9.20. The minimum atomic E-state index is -0.325. The fourth-order valence-electron chi connectivity index (χ4n) is 1.37. The molecule has 0 aromatic carbocycles. The van der Waals surface area contributed by atoms with Crippen LogP contribution in [0.1, 0.15) is 6.92 Å². The van der Waals surface area contributed by atoms with Crippen molar-refractivity contribution in [2.75, 3.05) is 5.32 Å². The normalized spacial score (nSPS) is 9.47. The van der Waals surface area contributed by atoms with Crippen molar-refractivity contribution < 1.29 is 9.53 Å². The van der Waals surface area contributed by atoms with Crippen molar-refractivity contribution in [3.8, 4) is 23.5 Å². The molecule has 2 aromatic rings. The summed E-state index contributed by atoms with van der Waals surface area (Å²) < 4.78 is 4.67. The Kier molecular flexibility index (Phi) is 3.64. The minimum absolute atomic E-state index is 0.0809. The number of carbonyl (C=O) groups is 1. The molecule has 0 aliphatic carbocycles. The molecular formula is C12H9N5O2. The van der Waals surface area contributed by atoms with E-state index in [1.165, 1.54) is 19.4 Å². The number of nitrogens with zero attached hydrogens (tertiary/aromatic N) is 4. The van der Waals surface area contributed by atoms with Crippen LogP contribution in [-0.2, 0) is 4.79 Å². The molecule has 0 aliphatic rings. The van der Waals surface area contributed by atoms with Gasteiger partial charge in [0.1, 0.15) is 5.69 Å². The molecule has 19 heavy (non-hydrogen) atoms. The number of hydrogen-bond acceptors (Lipinski definition) is 6. The molecule has 0 radical (unpaired) electrons. The van der Waals surface area contributed by atoms with Crippen LogP contribution in [0.15, 0.2) is 30.6 Å². The number of amides is 1. The van der Waals surface area contributed by atoms with Crippen LogP contribution in [0.2, 0.25) is 0 Å². The molecule has 94 valence electrons. The summed E-state index contributed by atoms with van der Waals surface area (Å²) in [5.41, 5.74) is 0.553. The van der Waals surface area contributed by atoms with Gasteiger partial charge in [-0.1, -0.05) is 6.07 Å². The van der Waals surface area contributed by atoms with E-state index >= 15 is 0 Å². The molecule has 1 amide bonds. The Balaban J connectivity index is 2.43. The second-order valence-corrected chi connectivity index (χ2v) is 3.50. The van der Waals surface area contributed by atoms with Crippen molar-refractivity contribution in [1.82, 2.24) is 15.0 Å². The number of pyridine rings is 1. The van der Waals surface area contributed by atoms with Gasteiger partial charge in [-0.05, 0) is 12.1 Å². The van der Waals surface area contributed by atoms with Gasteiger partial charge in [-0.25, -0.2) is 9.97 Å². The summed E-state index contributed by atoms with van der Waals surface area (Å²) in [7, 11) is 0. The van der Waals surface area contributed by atoms with Crippen LogP contribution in [0.5, 0.6) is 5.75 Å². The lowest BCUT2D eigenvalue weighted by Crippen LogP contribution is -2.10. The molecule has 7 nitrogen and oxygen atoms in total. The third-order valence-electron chi connectivity index (χ3n) is 2.10. The Labute approximate surface area is 108 Å². The van der Waals surface area contributed by atoms with E-state index in [1.807, 2.05) is 0 Å². The summed E-state index contributed by atoms with van der Waals surface area (Å²) in [6.45, 7) is 1.33. The summed E-state index contributed by atoms with van der Waals surface area (Å²) in [6.07, 6.45) is 4.43. The highest BCUT2D eigenvalue weighted by molar-refractivity contribution is 5.89. The maximum Gasteiger partial charge on any atom is 0.292 e. The van der Waals surface area contributed by atoms with Gasteiger partial charge < -0.3 is 10.1 Å². The zero-order chi connectivity index (χ0) is 13.7. The second-order valence-electron chi connectivity index (χ2n) is 3.50. The van der Waals surface area contributed by atoms with Gasteiger partial charge in [0.2, 0.25) is 11.7 Å². The summed E-state index contributed by atoms with van der Waals surface area (Å²) in [4.78, 5) is 23.3. The SMILES string of the molecule is CC(=O)Nc1nc(-c2ccccn2)ncc1OC#N. The van der Waals surface area contributed by atoms with E-state index in [-0.39, 0.29) is 17.5 Å². The van der Waals surface area contributed by atoms with E-state index in [1.54, 1.807) is 24.4 Å². The molecule has 0 unspecified atom stereocenters. The number of aromatic nitrogens is 3. The topological polar surface area (TPSA) is 101 Å². The van der Waals surface area contributed by atoms with E-state index in [0.717, 1.165) is 0 Å². The van der Waals surface area contributed by atoms with E-state index in [9.17, 15) is 4.79 Å². The molecule has 0 aliphatic heterocycles. The zero-order valence-corrected chi connectivity index (χ0v) is 9.99. The molecule has 0 saturated heterocycles. The van der Waals surface area contributed by atoms with Gasteiger partial charge in [0.05, 0.1) is 6.20 Å². The van der Waals surface area contributed by atoms with Crippen molar-refractivity contribution in [3.05, 3.63) is 30.6 Å². The third kappa shape index (κ3) is 3.01. The van der Waals surface area contributed by atoms with Crippen molar-refractivity contribution >= 4 is 11.7 Å². The molecular weight excluding hydrogens is 246 g/mol. The number of nitriles is 1. The van der Waals surface area contributed by atoms with E-state index in [4.69, 9.17) is 5.26 Å². The van der Waals surface area contributed by atoms with Gasteiger partial charge in [0.15, 0.2) is 11.6 Å². The predicted octanol–water partition coefficient (Wildman–Crippen LogP) is 1.36. The monoisotopic (exact) mass is 255 g/mol. The number of anilines is 1. The van der Waals surface area contributed by atoms with Crippen molar-refractivity contribution in [2.24, 2.45) is 0 Å². The van der Waals surface area contributed by atoms with Gasteiger partial charge in [0, 0.05) is 13.1 Å². The number of nitrogens with one attached hydrogen (secondary N) is 1. The molecule has 0 fully saturated rings. The Morgan fingerprint density at radius 1 is 1.42 bits per heavy atom. The van der Waals surface area contributed by atoms with Gasteiger partial charge in [-0.2, -0.15) is 0 Å². The quantitative estimate of drug-likeness (QED) is 0.831. The molecule has 1 N–H and O–H groups in total. The van der Waals surface area contributed by atoms with Crippen LogP contribution in [0.25, 0.3) is 11.5 Å². The second kappa shape index (κ2) is 5.55. The summed E-state index contributed by atoms with van der Waals surface area (Å²) in [6, 6.07) is 5.30. The van der Waals surface area contributed by atoms with Gasteiger partial charge in [-0.3, -0.25) is 9.78 Å².